The lowest BCUT2D eigenvalue weighted by molar-refractivity contribution is 0.0270. The molecule has 6 nitrogen and oxygen atoms in total. The Morgan fingerprint density at radius 3 is 2.43 bits per heavy atom. The molecule has 1 saturated carbocycles. The van der Waals surface area contributed by atoms with E-state index >= 15 is 0 Å². The third kappa shape index (κ3) is 5.77. The predicted octanol–water partition coefficient (Wildman–Crippen LogP) is 5.21. The molecule has 1 aliphatic heterocycles. The van der Waals surface area contributed by atoms with Crippen LogP contribution in [0.5, 0.6) is 5.75 Å². The van der Waals surface area contributed by atoms with E-state index < -0.39 is 5.60 Å². The minimum absolute atomic E-state index is 0.174. The number of benzene rings is 1. The van der Waals surface area contributed by atoms with Gasteiger partial charge in [0.05, 0.1) is 18.8 Å². The van der Waals surface area contributed by atoms with Crippen LogP contribution in [-0.4, -0.2) is 48.9 Å². The van der Waals surface area contributed by atoms with Crippen molar-refractivity contribution in [3.63, 3.8) is 0 Å². The molecule has 0 saturated heterocycles. The molecule has 0 radical (unpaired) electrons. The van der Waals surface area contributed by atoms with Crippen LogP contribution < -0.4 is 4.74 Å². The molecule has 0 spiro atoms. The maximum Gasteiger partial charge on any atom is 0.410 e. The summed E-state index contributed by atoms with van der Waals surface area (Å²) in [7, 11) is 1.38. The normalized spacial score (nSPS) is 17.9. The van der Waals surface area contributed by atoms with Crippen LogP contribution in [0.15, 0.2) is 24.3 Å². The van der Waals surface area contributed by atoms with Gasteiger partial charge in [-0.05, 0) is 70.6 Å². The average Bonchev–Trinajstić information content (AvgIpc) is 2.73. The number of amides is 1. The second-order valence-corrected chi connectivity index (χ2v) is 8.99. The summed E-state index contributed by atoms with van der Waals surface area (Å²) in [5.74, 6) is 0.352. The Bertz CT molecular complexity index is 802. The van der Waals surface area contributed by atoms with E-state index in [9.17, 15) is 9.59 Å². The number of carbonyl (C=O) groups is 2. The third-order valence-electron chi connectivity index (χ3n) is 5.46. The fraction of sp³-hybridized carbons (Fsp3) is 0.583. The lowest BCUT2D eigenvalue weighted by atomic mass is 9.95. The van der Waals surface area contributed by atoms with Gasteiger partial charge < -0.3 is 19.1 Å². The quantitative estimate of drug-likeness (QED) is 0.632. The summed E-state index contributed by atoms with van der Waals surface area (Å²) in [5, 5.41) is 0. The van der Waals surface area contributed by atoms with E-state index in [1.165, 1.54) is 26.4 Å². The standard InChI is InChI=1S/C24H33NO5/c1-24(2,3)30-23(27)25-14-12-17(13-15-25)20-11-10-18(22(26)28-4)16-21(20)29-19-8-6-5-7-9-19/h10-12,16,19H,5-9,13-15H2,1-4H3. The number of hydrogen-bond acceptors (Lipinski definition) is 5. The van der Waals surface area contributed by atoms with Crippen LogP contribution in [0.1, 0.15) is 75.2 Å². The van der Waals surface area contributed by atoms with Gasteiger partial charge in [-0.25, -0.2) is 9.59 Å². The Labute approximate surface area is 179 Å². The smallest absolute Gasteiger partial charge is 0.410 e. The third-order valence-corrected chi connectivity index (χ3v) is 5.46. The maximum atomic E-state index is 12.3. The molecule has 1 aromatic carbocycles. The number of nitrogens with zero attached hydrogens (tertiary/aromatic N) is 1. The minimum Gasteiger partial charge on any atom is -0.490 e. The molecule has 30 heavy (non-hydrogen) atoms. The zero-order chi connectivity index (χ0) is 21.7. The van der Waals surface area contributed by atoms with Gasteiger partial charge in [0, 0.05) is 18.7 Å². The molecule has 0 unspecified atom stereocenters. The first-order valence-electron chi connectivity index (χ1n) is 10.8. The molecule has 0 aromatic heterocycles. The summed E-state index contributed by atoms with van der Waals surface area (Å²) in [5.41, 5.74) is 2.08. The van der Waals surface area contributed by atoms with Crippen molar-refractivity contribution >= 4 is 17.6 Å². The van der Waals surface area contributed by atoms with Gasteiger partial charge in [0.1, 0.15) is 11.4 Å². The van der Waals surface area contributed by atoms with E-state index in [-0.39, 0.29) is 18.2 Å². The van der Waals surface area contributed by atoms with Gasteiger partial charge in [0.15, 0.2) is 0 Å². The molecule has 0 bridgehead atoms. The highest BCUT2D eigenvalue weighted by molar-refractivity contribution is 5.91. The predicted molar refractivity (Wildman–Crippen MR) is 116 cm³/mol. The summed E-state index contributed by atoms with van der Waals surface area (Å²) >= 11 is 0. The van der Waals surface area contributed by atoms with Crippen LogP contribution in [0.25, 0.3) is 5.57 Å². The number of rotatable bonds is 4. The Kier molecular flexibility index (Phi) is 7.06. The summed E-state index contributed by atoms with van der Waals surface area (Å²) < 4.78 is 16.7. The van der Waals surface area contributed by atoms with Gasteiger partial charge in [0.25, 0.3) is 0 Å². The molecule has 164 valence electrons. The molecule has 1 fully saturated rings. The molecular formula is C24H33NO5. The second kappa shape index (κ2) is 9.54. The number of methoxy groups -OCH3 is 1. The number of hydrogen-bond donors (Lipinski definition) is 0. The summed E-state index contributed by atoms with van der Waals surface area (Å²) in [6.45, 7) is 6.68. The van der Waals surface area contributed by atoms with Crippen molar-refractivity contribution in [1.82, 2.24) is 4.90 Å². The van der Waals surface area contributed by atoms with E-state index in [0.29, 0.717) is 25.1 Å². The van der Waals surface area contributed by atoms with Crippen molar-refractivity contribution in [2.24, 2.45) is 0 Å². The highest BCUT2D eigenvalue weighted by Crippen LogP contribution is 2.34. The van der Waals surface area contributed by atoms with Crippen LogP contribution in [0, 0.1) is 0 Å². The SMILES string of the molecule is COC(=O)c1ccc(C2=CCN(C(=O)OC(C)(C)C)CC2)c(OC2CCCCC2)c1. The Balaban J connectivity index is 1.80. The van der Waals surface area contributed by atoms with Crippen LogP contribution in [-0.2, 0) is 9.47 Å². The van der Waals surface area contributed by atoms with Crippen molar-refractivity contribution < 1.29 is 23.8 Å². The molecular weight excluding hydrogens is 382 g/mol. The van der Waals surface area contributed by atoms with Crippen molar-refractivity contribution in [2.45, 2.75) is 71.0 Å². The van der Waals surface area contributed by atoms with Crippen LogP contribution >= 0.6 is 0 Å². The van der Waals surface area contributed by atoms with Gasteiger partial charge in [0.2, 0.25) is 0 Å². The topological polar surface area (TPSA) is 65.1 Å². The van der Waals surface area contributed by atoms with Crippen LogP contribution in [0.4, 0.5) is 4.79 Å². The Morgan fingerprint density at radius 1 is 1.10 bits per heavy atom. The molecule has 1 amide bonds. The first-order chi connectivity index (χ1) is 14.3. The molecule has 3 rings (SSSR count). The zero-order valence-corrected chi connectivity index (χ0v) is 18.5. The van der Waals surface area contributed by atoms with Crippen molar-refractivity contribution in [3.05, 3.63) is 35.4 Å². The zero-order valence-electron chi connectivity index (χ0n) is 18.5. The van der Waals surface area contributed by atoms with E-state index in [2.05, 4.69) is 0 Å². The van der Waals surface area contributed by atoms with Crippen molar-refractivity contribution in [2.75, 3.05) is 20.2 Å². The van der Waals surface area contributed by atoms with Gasteiger partial charge in [-0.2, -0.15) is 0 Å². The summed E-state index contributed by atoms with van der Waals surface area (Å²) in [6.07, 6.45) is 8.30. The molecule has 1 aliphatic carbocycles. The van der Waals surface area contributed by atoms with Gasteiger partial charge >= 0.3 is 12.1 Å². The Hall–Kier alpha value is -2.50. The fourth-order valence-electron chi connectivity index (χ4n) is 3.90. The number of ether oxygens (including phenoxy) is 3. The lowest BCUT2D eigenvalue weighted by Gasteiger charge is -2.30. The Morgan fingerprint density at radius 2 is 1.83 bits per heavy atom. The van der Waals surface area contributed by atoms with Crippen molar-refractivity contribution in [1.29, 1.82) is 0 Å². The number of carbonyl (C=O) groups excluding carboxylic acids is 2. The highest BCUT2D eigenvalue weighted by atomic mass is 16.6. The molecule has 2 aliphatic rings. The largest absolute Gasteiger partial charge is 0.490 e. The van der Waals surface area contributed by atoms with Gasteiger partial charge in [-0.15, -0.1) is 0 Å². The van der Waals surface area contributed by atoms with E-state index in [1.54, 1.807) is 17.0 Å². The van der Waals surface area contributed by atoms with E-state index in [0.717, 1.165) is 29.7 Å². The van der Waals surface area contributed by atoms with E-state index in [1.807, 2.05) is 32.9 Å². The lowest BCUT2D eigenvalue weighted by Crippen LogP contribution is -2.39. The number of esters is 1. The van der Waals surface area contributed by atoms with E-state index in [4.69, 9.17) is 14.2 Å². The maximum absolute atomic E-state index is 12.3. The molecule has 1 heterocycles. The minimum atomic E-state index is -0.508. The fourth-order valence-corrected chi connectivity index (χ4v) is 3.90. The first kappa shape index (κ1) is 22.2. The van der Waals surface area contributed by atoms with Gasteiger partial charge in [-0.3, -0.25) is 0 Å². The molecule has 0 N–H and O–H groups in total. The summed E-state index contributed by atoms with van der Waals surface area (Å²) in [6, 6.07) is 5.49. The monoisotopic (exact) mass is 415 g/mol. The molecule has 6 heteroatoms. The molecule has 0 atom stereocenters. The first-order valence-corrected chi connectivity index (χ1v) is 10.8. The highest BCUT2D eigenvalue weighted by Gasteiger charge is 2.26. The van der Waals surface area contributed by atoms with Gasteiger partial charge in [-0.1, -0.05) is 18.6 Å². The molecule has 1 aromatic rings. The summed E-state index contributed by atoms with van der Waals surface area (Å²) in [4.78, 5) is 26.1. The van der Waals surface area contributed by atoms with Crippen molar-refractivity contribution in [3.8, 4) is 5.75 Å². The van der Waals surface area contributed by atoms with Crippen LogP contribution in [0.3, 0.4) is 0 Å². The van der Waals surface area contributed by atoms with Crippen LogP contribution in [0.2, 0.25) is 0 Å². The second-order valence-electron chi connectivity index (χ2n) is 8.99. The average molecular weight is 416 g/mol.